The molecular formula is C32H36F3N3O5S2. The Morgan fingerprint density at radius 1 is 1.13 bits per heavy atom. The van der Waals surface area contributed by atoms with Gasteiger partial charge in [0.05, 0.1) is 45.9 Å². The summed E-state index contributed by atoms with van der Waals surface area (Å²) in [7, 11) is -2.01. The lowest BCUT2D eigenvalue weighted by molar-refractivity contribution is -0.126. The first-order valence-corrected chi connectivity index (χ1v) is 17.2. The Bertz CT molecular complexity index is 1770. The second-order valence-corrected chi connectivity index (χ2v) is 15.5. The molecule has 8 nitrogen and oxygen atoms in total. The summed E-state index contributed by atoms with van der Waals surface area (Å²) in [4.78, 5) is 14.9. The molecule has 13 heteroatoms. The number of halogens is 3. The average Bonchev–Trinajstić information content (AvgIpc) is 3.62. The number of likely N-dealkylation sites (tertiary alicyclic amines) is 1. The maximum atomic E-state index is 13.7. The molecule has 1 saturated carbocycles. The Morgan fingerprint density at radius 3 is 2.51 bits per heavy atom. The second kappa shape index (κ2) is 12.3. The molecule has 45 heavy (non-hydrogen) atoms. The molecule has 0 spiro atoms. The van der Waals surface area contributed by atoms with Crippen LogP contribution < -0.4 is 15.4 Å². The normalized spacial score (nSPS) is 19.7. The topological polar surface area (TPSA) is 97.0 Å². The van der Waals surface area contributed by atoms with Crippen LogP contribution in [0, 0.1) is 17.8 Å². The van der Waals surface area contributed by atoms with Crippen molar-refractivity contribution in [2.75, 3.05) is 37.1 Å². The molecule has 2 bridgehead atoms. The van der Waals surface area contributed by atoms with Crippen LogP contribution in [0.4, 0.5) is 29.3 Å². The van der Waals surface area contributed by atoms with E-state index < -0.39 is 28.0 Å². The quantitative estimate of drug-likeness (QED) is 0.272. The van der Waals surface area contributed by atoms with Crippen LogP contribution in [0.2, 0.25) is 0 Å². The minimum atomic E-state index is -4.42. The number of nitrogens with one attached hydrogen (secondary N) is 2. The maximum absolute atomic E-state index is 13.7. The van der Waals surface area contributed by atoms with Crippen LogP contribution in [0.25, 0.3) is 10.1 Å². The predicted octanol–water partition coefficient (Wildman–Crippen LogP) is 6.69. The number of rotatable bonds is 7. The largest absolute Gasteiger partial charge is 0.495 e. The lowest BCUT2D eigenvalue weighted by Crippen LogP contribution is -2.45. The van der Waals surface area contributed by atoms with Gasteiger partial charge in [-0.05, 0) is 68.7 Å². The van der Waals surface area contributed by atoms with Gasteiger partial charge in [0.15, 0.2) is 9.84 Å². The first-order valence-electron chi connectivity index (χ1n) is 14.5. The zero-order valence-corrected chi connectivity index (χ0v) is 27.3. The number of carbonyl (C=O) groups excluding carboxylic acids is 1. The highest BCUT2D eigenvalue weighted by Crippen LogP contribution is 2.43. The molecule has 5 rings (SSSR count). The van der Waals surface area contributed by atoms with E-state index in [1.807, 2.05) is 26.8 Å². The van der Waals surface area contributed by atoms with Crippen molar-refractivity contribution in [1.29, 1.82) is 0 Å². The summed E-state index contributed by atoms with van der Waals surface area (Å²) in [6.45, 7) is 6.19. The minimum absolute atomic E-state index is 0.0563. The standard InChI is InChI=1S/C32H36F3N3O5S2/c1-31(2,3)43-30(39)38-18-19-14-20(38)15-26(19)37-25-9-6-8-22-23(17-32(33,34)35)28(44-29(22)25)10-7-13-36-24-12-11-21(45(5,40)41)16-27(24)42-4/h6,8-9,11-12,16,19-20,26,36-37H,13-15,17-18H2,1-5H3. The number of ether oxygens (including phenoxy) is 2. The van der Waals surface area contributed by atoms with Gasteiger partial charge in [0.25, 0.3) is 0 Å². The molecule has 1 aliphatic heterocycles. The second-order valence-electron chi connectivity index (χ2n) is 12.4. The van der Waals surface area contributed by atoms with E-state index in [2.05, 4.69) is 22.5 Å². The van der Waals surface area contributed by atoms with Crippen LogP contribution in [0.3, 0.4) is 0 Å². The van der Waals surface area contributed by atoms with Gasteiger partial charge in [-0.3, -0.25) is 0 Å². The predicted molar refractivity (Wildman–Crippen MR) is 170 cm³/mol. The molecule has 2 N–H and O–H groups in total. The van der Waals surface area contributed by atoms with Gasteiger partial charge in [-0.2, -0.15) is 13.2 Å². The van der Waals surface area contributed by atoms with Crippen molar-refractivity contribution >= 4 is 48.7 Å². The number of amides is 1. The summed E-state index contributed by atoms with van der Waals surface area (Å²) < 4.78 is 76.4. The van der Waals surface area contributed by atoms with E-state index in [1.165, 1.54) is 30.6 Å². The molecule has 2 aromatic carbocycles. The monoisotopic (exact) mass is 663 g/mol. The Balaban J connectivity index is 1.35. The lowest BCUT2D eigenvalue weighted by Gasteiger charge is -2.33. The van der Waals surface area contributed by atoms with Gasteiger partial charge < -0.3 is 25.0 Å². The lowest BCUT2D eigenvalue weighted by atomic mass is 10.0. The molecule has 0 radical (unpaired) electrons. The molecule has 1 aliphatic carbocycles. The number of benzene rings is 2. The summed E-state index contributed by atoms with van der Waals surface area (Å²) in [5.41, 5.74) is 0.824. The molecule has 2 aliphatic rings. The third-order valence-corrected chi connectivity index (χ3v) is 10.2. The maximum Gasteiger partial charge on any atom is 0.410 e. The number of sulfone groups is 1. The highest BCUT2D eigenvalue weighted by molar-refractivity contribution is 7.90. The van der Waals surface area contributed by atoms with E-state index in [4.69, 9.17) is 9.47 Å². The first-order chi connectivity index (χ1) is 21.0. The molecule has 2 fully saturated rings. The van der Waals surface area contributed by atoms with Crippen molar-refractivity contribution in [3.63, 3.8) is 0 Å². The minimum Gasteiger partial charge on any atom is -0.495 e. The molecule has 3 unspecified atom stereocenters. The molecular weight excluding hydrogens is 627 g/mol. The zero-order chi connectivity index (χ0) is 32.7. The van der Waals surface area contributed by atoms with E-state index in [-0.39, 0.29) is 41.1 Å². The molecule has 3 aromatic rings. The van der Waals surface area contributed by atoms with Gasteiger partial charge in [-0.1, -0.05) is 24.0 Å². The van der Waals surface area contributed by atoms with Crippen molar-refractivity contribution in [3.05, 3.63) is 46.8 Å². The fourth-order valence-electron chi connectivity index (χ4n) is 5.95. The molecule has 242 valence electrons. The summed E-state index contributed by atoms with van der Waals surface area (Å²) in [5.74, 6) is 6.37. The van der Waals surface area contributed by atoms with Crippen molar-refractivity contribution in [1.82, 2.24) is 4.90 Å². The highest BCUT2D eigenvalue weighted by atomic mass is 32.2. The van der Waals surface area contributed by atoms with Gasteiger partial charge in [0, 0.05) is 31.0 Å². The van der Waals surface area contributed by atoms with Crippen LogP contribution in [-0.4, -0.2) is 69.7 Å². The fourth-order valence-corrected chi connectivity index (χ4v) is 7.75. The van der Waals surface area contributed by atoms with Crippen LogP contribution in [-0.2, 0) is 21.0 Å². The number of fused-ring (bicyclic) bond motifs is 3. The molecule has 3 atom stereocenters. The average molecular weight is 664 g/mol. The van der Waals surface area contributed by atoms with E-state index in [0.29, 0.717) is 32.9 Å². The van der Waals surface area contributed by atoms with Gasteiger partial charge >= 0.3 is 12.3 Å². The van der Waals surface area contributed by atoms with Gasteiger partial charge in [-0.25, -0.2) is 13.2 Å². The number of hydrogen-bond acceptors (Lipinski definition) is 8. The third kappa shape index (κ3) is 7.61. The Labute approximate surface area is 265 Å². The van der Waals surface area contributed by atoms with Gasteiger partial charge in [0.2, 0.25) is 0 Å². The van der Waals surface area contributed by atoms with Crippen LogP contribution in [0.5, 0.6) is 5.75 Å². The van der Waals surface area contributed by atoms with Crippen LogP contribution in [0.15, 0.2) is 41.3 Å². The number of thiophene rings is 1. The number of alkyl halides is 3. The summed E-state index contributed by atoms with van der Waals surface area (Å²) in [6, 6.07) is 9.86. The molecule has 1 aromatic heterocycles. The van der Waals surface area contributed by atoms with Gasteiger partial charge in [0.1, 0.15) is 11.4 Å². The first kappa shape index (κ1) is 32.8. The van der Waals surface area contributed by atoms with Crippen molar-refractivity contribution in [2.45, 2.75) is 68.8 Å². The van der Waals surface area contributed by atoms with Gasteiger partial charge in [-0.15, -0.1) is 11.3 Å². The summed E-state index contributed by atoms with van der Waals surface area (Å²) in [5, 5.41) is 7.14. The zero-order valence-electron chi connectivity index (χ0n) is 25.7. The number of anilines is 2. The van der Waals surface area contributed by atoms with E-state index >= 15 is 0 Å². The smallest absolute Gasteiger partial charge is 0.410 e. The Hall–Kier alpha value is -3.63. The highest BCUT2D eigenvalue weighted by Gasteiger charge is 2.47. The SMILES string of the molecule is COc1cc(S(C)(=O)=O)ccc1NCC#Cc1sc2c(NC3CC4CC3CN4C(=O)OC(C)(C)C)cccc2c1CC(F)(F)F. The third-order valence-electron chi connectivity index (χ3n) is 7.88. The number of methoxy groups -OCH3 is 1. The molecule has 2 heterocycles. The van der Waals surface area contributed by atoms with Crippen molar-refractivity contribution in [2.24, 2.45) is 5.92 Å². The van der Waals surface area contributed by atoms with E-state index in [1.54, 1.807) is 23.1 Å². The molecule has 1 amide bonds. The Morgan fingerprint density at radius 2 is 1.89 bits per heavy atom. The number of piperidine rings is 1. The van der Waals surface area contributed by atoms with Crippen molar-refractivity contribution in [3.8, 4) is 17.6 Å². The number of hydrogen-bond donors (Lipinski definition) is 2. The van der Waals surface area contributed by atoms with E-state index in [9.17, 15) is 26.4 Å². The summed E-state index contributed by atoms with van der Waals surface area (Å²) in [6.07, 6.45) is -3.16. The van der Waals surface area contributed by atoms with Crippen molar-refractivity contribution < 1.29 is 35.9 Å². The fraction of sp³-hybridized carbons (Fsp3) is 0.469. The Kier molecular flexibility index (Phi) is 8.94. The van der Waals surface area contributed by atoms with E-state index in [0.717, 1.165) is 24.8 Å². The number of nitrogens with zero attached hydrogens (tertiary/aromatic N) is 1. The van der Waals surface area contributed by atoms with Crippen LogP contribution >= 0.6 is 11.3 Å². The summed E-state index contributed by atoms with van der Waals surface area (Å²) >= 11 is 1.23. The molecule has 1 saturated heterocycles. The van der Waals surface area contributed by atoms with Crippen LogP contribution in [0.1, 0.15) is 44.1 Å². The number of carbonyl (C=O) groups is 1.